The minimum atomic E-state index is -4.47. The van der Waals surface area contributed by atoms with Gasteiger partial charge in [-0.3, -0.25) is 9.78 Å². The van der Waals surface area contributed by atoms with Crippen LogP contribution in [-0.4, -0.2) is 32.0 Å². The predicted octanol–water partition coefficient (Wildman–Crippen LogP) is 6.65. The monoisotopic (exact) mass is 581 g/mol. The lowest BCUT2D eigenvalue weighted by molar-refractivity contribution is -0.137. The van der Waals surface area contributed by atoms with Crippen LogP contribution in [0.5, 0.6) is 0 Å². The van der Waals surface area contributed by atoms with Crippen LogP contribution in [0.1, 0.15) is 46.7 Å². The average Bonchev–Trinajstić information content (AvgIpc) is 3.43. The van der Waals surface area contributed by atoms with E-state index in [-0.39, 0.29) is 31.0 Å². The van der Waals surface area contributed by atoms with Crippen molar-refractivity contribution in [2.45, 2.75) is 38.5 Å². The third-order valence-corrected chi connectivity index (χ3v) is 7.48. The Kier molecular flexibility index (Phi) is 7.81. The van der Waals surface area contributed by atoms with Crippen molar-refractivity contribution in [3.63, 3.8) is 0 Å². The van der Waals surface area contributed by atoms with E-state index < -0.39 is 17.6 Å². The highest BCUT2D eigenvalue weighted by molar-refractivity contribution is 7.80. The molecule has 1 aliphatic rings. The molecule has 2 N–H and O–H groups in total. The minimum Gasteiger partial charge on any atom is -0.352 e. The normalized spacial score (nSPS) is 17.0. The van der Waals surface area contributed by atoms with Gasteiger partial charge >= 0.3 is 6.18 Å². The molecule has 11 heteroatoms. The van der Waals surface area contributed by atoms with Crippen molar-refractivity contribution >= 4 is 28.9 Å². The summed E-state index contributed by atoms with van der Waals surface area (Å²) in [6, 6.07) is 17.5. The van der Waals surface area contributed by atoms with Crippen LogP contribution in [0.2, 0.25) is 0 Å². The van der Waals surface area contributed by atoms with Crippen LogP contribution in [-0.2, 0) is 11.0 Å². The van der Waals surface area contributed by atoms with Crippen LogP contribution in [0.15, 0.2) is 79.0 Å². The van der Waals surface area contributed by atoms with Crippen molar-refractivity contribution in [2.75, 3.05) is 11.9 Å². The number of hydrogen-bond acceptors (Lipinski definition) is 3. The van der Waals surface area contributed by atoms with E-state index in [1.54, 1.807) is 16.8 Å². The van der Waals surface area contributed by atoms with Crippen molar-refractivity contribution < 1.29 is 22.4 Å². The number of carbonyl (C=O) groups excluding carboxylic acids is 1. The predicted molar refractivity (Wildman–Crippen MR) is 152 cm³/mol. The van der Waals surface area contributed by atoms with E-state index in [0.29, 0.717) is 16.5 Å². The number of benzene rings is 2. The number of amides is 1. The molecule has 2 atom stereocenters. The van der Waals surface area contributed by atoms with E-state index in [1.807, 2.05) is 43.0 Å². The van der Waals surface area contributed by atoms with Gasteiger partial charge in [-0.1, -0.05) is 12.1 Å². The number of nitrogens with one attached hydrogen (secondary N) is 2. The first-order chi connectivity index (χ1) is 19.5. The Morgan fingerprint density at radius 1 is 1.05 bits per heavy atom. The molecule has 2 aromatic carbocycles. The number of anilines is 1. The summed E-state index contributed by atoms with van der Waals surface area (Å²) in [6.07, 6.45) is -2.69. The lowest BCUT2D eigenvalue weighted by Crippen LogP contribution is -2.32. The summed E-state index contributed by atoms with van der Waals surface area (Å²) in [5, 5.41) is 6.54. The molecule has 2 unspecified atom stereocenters. The van der Waals surface area contributed by atoms with Gasteiger partial charge in [0.15, 0.2) is 5.11 Å². The molecule has 2 aromatic heterocycles. The molecule has 212 valence electrons. The van der Waals surface area contributed by atoms with Gasteiger partial charge in [0.2, 0.25) is 5.91 Å². The lowest BCUT2D eigenvalue weighted by Gasteiger charge is -2.28. The van der Waals surface area contributed by atoms with E-state index in [1.165, 1.54) is 30.3 Å². The van der Waals surface area contributed by atoms with Gasteiger partial charge in [0.1, 0.15) is 5.82 Å². The molecule has 41 heavy (non-hydrogen) atoms. The van der Waals surface area contributed by atoms with Gasteiger partial charge in [-0.15, -0.1) is 0 Å². The first-order valence-corrected chi connectivity index (χ1v) is 13.3. The molecule has 0 spiro atoms. The summed E-state index contributed by atoms with van der Waals surface area (Å²) in [5.41, 5.74) is 3.24. The highest BCUT2D eigenvalue weighted by Gasteiger charge is 2.41. The standard InChI is InChI=1S/C30H27F4N5OS/c1-18-16-24(19(2)39(18)23-7-5-6-20(17-23)30(32,33)34)28-27(25-8-3-4-14-35-25)37-29(41)38(28)15-13-26(40)36-22-11-9-21(31)10-12-22/h3-12,14,16-17,27-28H,13,15H2,1-2H3,(H,36,40)(H,37,41). The van der Waals surface area contributed by atoms with Crippen molar-refractivity contribution in [2.24, 2.45) is 0 Å². The molecule has 5 rings (SSSR count). The molecule has 3 heterocycles. The highest BCUT2D eigenvalue weighted by Crippen LogP contribution is 2.42. The second-order valence-electron chi connectivity index (χ2n) is 9.84. The minimum absolute atomic E-state index is 0.0942. The number of nitrogens with zero attached hydrogens (tertiary/aromatic N) is 3. The first-order valence-electron chi connectivity index (χ1n) is 12.9. The zero-order chi connectivity index (χ0) is 29.3. The molecular formula is C30H27F4N5OS. The van der Waals surface area contributed by atoms with Crippen LogP contribution in [0.4, 0.5) is 23.2 Å². The number of pyridine rings is 1. The molecule has 1 aliphatic heterocycles. The first kappa shape index (κ1) is 28.3. The highest BCUT2D eigenvalue weighted by atomic mass is 32.1. The maximum atomic E-state index is 13.5. The topological polar surface area (TPSA) is 62.2 Å². The molecule has 0 radical (unpaired) electrons. The third kappa shape index (κ3) is 5.95. The van der Waals surface area contributed by atoms with Gasteiger partial charge in [0.25, 0.3) is 0 Å². The van der Waals surface area contributed by atoms with Gasteiger partial charge in [-0.2, -0.15) is 13.2 Å². The van der Waals surface area contributed by atoms with Crippen molar-refractivity contribution in [1.82, 2.24) is 19.8 Å². The second kappa shape index (κ2) is 11.3. The van der Waals surface area contributed by atoms with E-state index in [2.05, 4.69) is 15.6 Å². The van der Waals surface area contributed by atoms with Crippen LogP contribution < -0.4 is 10.6 Å². The zero-order valence-corrected chi connectivity index (χ0v) is 23.1. The number of rotatable bonds is 7. The Bertz CT molecular complexity index is 1570. The van der Waals surface area contributed by atoms with Crippen LogP contribution >= 0.6 is 12.2 Å². The summed E-state index contributed by atoms with van der Waals surface area (Å²) in [7, 11) is 0. The molecule has 0 bridgehead atoms. The molecule has 1 fully saturated rings. The summed E-state index contributed by atoms with van der Waals surface area (Å²) >= 11 is 5.71. The van der Waals surface area contributed by atoms with Crippen molar-refractivity contribution in [3.8, 4) is 5.69 Å². The van der Waals surface area contributed by atoms with Gasteiger partial charge in [-0.25, -0.2) is 4.39 Å². The smallest absolute Gasteiger partial charge is 0.352 e. The van der Waals surface area contributed by atoms with Crippen molar-refractivity contribution in [1.29, 1.82) is 0 Å². The summed E-state index contributed by atoms with van der Waals surface area (Å²) in [5.74, 6) is -0.670. The number of carbonyl (C=O) groups is 1. The summed E-state index contributed by atoms with van der Waals surface area (Å²) in [6.45, 7) is 3.96. The zero-order valence-electron chi connectivity index (χ0n) is 22.2. The fraction of sp³-hybridized carbons (Fsp3) is 0.233. The van der Waals surface area contributed by atoms with Gasteiger partial charge < -0.3 is 20.1 Å². The fourth-order valence-electron chi connectivity index (χ4n) is 5.27. The molecule has 1 amide bonds. The van der Waals surface area contributed by atoms with E-state index in [0.717, 1.165) is 34.8 Å². The molecule has 4 aromatic rings. The summed E-state index contributed by atoms with van der Waals surface area (Å²) < 4.78 is 55.5. The number of halogens is 4. The largest absolute Gasteiger partial charge is 0.416 e. The molecular weight excluding hydrogens is 554 g/mol. The maximum Gasteiger partial charge on any atom is 0.416 e. The fourth-order valence-corrected chi connectivity index (χ4v) is 5.60. The number of alkyl halides is 3. The third-order valence-electron chi connectivity index (χ3n) is 7.13. The van der Waals surface area contributed by atoms with E-state index >= 15 is 0 Å². The molecule has 0 aliphatic carbocycles. The van der Waals surface area contributed by atoms with E-state index in [9.17, 15) is 22.4 Å². The van der Waals surface area contributed by atoms with Gasteiger partial charge in [0, 0.05) is 41.9 Å². The number of thiocarbonyl (C=S) groups is 1. The Hall–Kier alpha value is -4.25. The summed E-state index contributed by atoms with van der Waals surface area (Å²) in [4.78, 5) is 19.2. The van der Waals surface area contributed by atoms with Crippen molar-refractivity contribution in [3.05, 3.63) is 113 Å². The second-order valence-corrected chi connectivity index (χ2v) is 10.2. The number of aryl methyl sites for hydroxylation is 1. The molecule has 6 nitrogen and oxygen atoms in total. The Morgan fingerprint density at radius 3 is 2.49 bits per heavy atom. The van der Waals surface area contributed by atoms with Gasteiger partial charge in [-0.05, 0) is 92.3 Å². The quantitative estimate of drug-likeness (QED) is 0.189. The molecule has 0 saturated carbocycles. The number of hydrogen-bond donors (Lipinski definition) is 2. The average molecular weight is 582 g/mol. The lowest BCUT2D eigenvalue weighted by atomic mass is 9.96. The van der Waals surface area contributed by atoms with E-state index in [4.69, 9.17) is 12.2 Å². The van der Waals surface area contributed by atoms with Crippen LogP contribution in [0, 0.1) is 19.7 Å². The molecule has 1 saturated heterocycles. The van der Waals surface area contributed by atoms with Gasteiger partial charge in [0.05, 0.1) is 23.3 Å². The Morgan fingerprint density at radius 2 is 1.80 bits per heavy atom. The van der Waals surface area contributed by atoms with Crippen LogP contribution in [0.25, 0.3) is 5.69 Å². The Balaban J connectivity index is 1.48. The Labute approximate surface area is 240 Å². The number of aromatic nitrogens is 2. The SMILES string of the molecule is Cc1cc(C2C(c3ccccn3)NC(=S)N2CCC(=O)Nc2ccc(F)cc2)c(C)n1-c1cccc(C(F)(F)F)c1. The van der Waals surface area contributed by atoms with Crippen LogP contribution in [0.3, 0.4) is 0 Å². The maximum absolute atomic E-state index is 13.5.